The molecule has 1 rings (SSSR count). The van der Waals surface area contributed by atoms with Gasteiger partial charge in [-0.3, -0.25) is 0 Å². The maximum atomic E-state index is 12.5. The maximum Gasteiger partial charge on any atom is 0.244 e. The fourth-order valence-electron chi connectivity index (χ4n) is 1.70. The molecule has 0 aliphatic rings. The SMILES string of the molecule is C#CCN(CCC)S(=O)(=O)c1cc(C)c(Cl)c(N)c1. The number of anilines is 1. The number of hydrogen-bond donors (Lipinski definition) is 1. The van der Waals surface area contributed by atoms with Gasteiger partial charge in [-0.1, -0.05) is 24.4 Å². The Hall–Kier alpha value is -1.22. The van der Waals surface area contributed by atoms with Crippen LogP contribution in [0.3, 0.4) is 0 Å². The van der Waals surface area contributed by atoms with Crippen LogP contribution < -0.4 is 5.73 Å². The summed E-state index contributed by atoms with van der Waals surface area (Å²) in [6.45, 7) is 4.01. The van der Waals surface area contributed by atoms with E-state index in [9.17, 15) is 8.42 Å². The summed E-state index contributed by atoms with van der Waals surface area (Å²) in [5.74, 6) is 2.36. The first-order chi connectivity index (χ1) is 8.84. The van der Waals surface area contributed by atoms with E-state index in [-0.39, 0.29) is 17.1 Å². The van der Waals surface area contributed by atoms with Crippen LogP contribution >= 0.6 is 11.6 Å². The molecule has 0 saturated carbocycles. The zero-order valence-electron chi connectivity index (χ0n) is 11.0. The minimum Gasteiger partial charge on any atom is -0.397 e. The van der Waals surface area contributed by atoms with E-state index in [0.717, 1.165) is 0 Å². The molecule has 0 radical (unpaired) electrons. The summed E-state index contributed by atoms with van der Waals surface area (Å²) < 4.78 is 26.2. The predicted octanol–water partition coefficient (Wildman–Crippen LogP) is 2.26. The van der Waals surface area contributed by atoms with Gasteiger partial charge in [-0.2, -0.15) is 4.31 Å². The van der Waals surface area contributed by atoms with Gasteiger partial charge >= 0.3 is 0 Å². The van der Waals surface area contributed by atoms with Crippen LogP contribution in [0.25, 0.3) is 0 Å². The van der Waals surface area contributed by atoms with Crippen LogP contribution in [0.5, 0.6) is 0 Å². The average molecular weight is 301 g/mol. The van der Waals surface area contributed by atoms with Crippen LogP contribution in [0, 0.1) is 19.3 Å². The lowest BCUT2D eigenvalue weighted by molar-refractivity contribution is 0.445. The zero-order valence-corrected chi connectivity index (χ0v) is 12.6. The lowest BCUT2D eigenvalue weighted by atomic mass is 10.2. The summed E-state index contributed by atoms with van der Waals surface area (Å²) in [7, 11) is -3.63. The van der Waals surface area contributed by atoms with E-state index in [1.54, 1.807) is 6.92 Å². The van der Waals surface area contributed by atoms with E-state index in [2.05, 4.69) is 5.92 Å². The lowest BCUT2D eigenvalue weighted by Gasteiger charge is -2.20. The molecule has 0 unspecified atom stereocenters. The normalized spacial score (nSPS) is 11.5. The van der Waals surface area contributed by atoms with E-state index in [1.165, 1.54) is 16.4 Å². The van der Waals surface area contributed by atoms with Crippen molar-refractivity contribution in [3.05, 3.63) is 22.7 Å². The van der Waals surface area contributed by atoms with Crippen molar-refractivity contribution in [1.29, 1.82) is 0 Å². The largest absolute Gasteiger partial charge is 0.397 e. The number of terminal acetylenes is 1. The molecule has 0 bridgehead atoms. The number of benzene rings is 1. The molecular formula is C13H17ClN2O2S. The molecule has 0 saturated heterocycles. The van der Waals surface area contributed by atoms with Gasteiger partial charge in [0.25, 0.3) is 0 Å². The van der Waals surface area contributed by atoms with Crippen molar-refractivity contribution in [3.8, 4) is 12.3 Å². The molecule has 19 heavy (non-hydrogen) atoms. The molecule has 0 amide bonds. The van der Waals surface area contributed by atoms with Crippen LogP contribution in [0.1, 0.15) is 18.9 Å². The highest BCUT2D eigenvalue weighted by atomic mass is 35.5. The monoisotopic (exact) mass is 300 g/mol. The van der Waals surface area contributed by atoms with Crippen LogP contribution in [0.2, 0.25) is 5.02 Å². The Labute approximate surface area is 119 Å². The third kappa shape index (κ3) is 3.41. The lowest BCUT2D eigenvalue weighted by Crippen LogP contribution is -2.32. The van der Waals surface area contributed by atoms with Gasteiger partial charge in [0.05, 0.1) is 22.2 Å². The molecule has 1 aromatic carbocycles. The van der Waals surface area contributed by atoms with Crippen molar-refractivity contribution >= 4 is 27.3 Å². The molecular weight excluding hydrogens is 284 g/mol. The van der Waals surface area contributed by atoms with Crippen LogP contribution in [0.4, 0.5) is 5.69 Å². The quantitative estimate of drug-likeness (QED) is 0.670. The number of aryl methyl sites for hydroxylation is 1. The first kappa shape index (κ1) is 15.8. The van der Waals surface area contributed by atoms with Crippen molar-refractivity contribution in [1.82, 2.24) is 4.31 Å². The van der Waals surface area contributed by atoms with Gasteiger partial charge in [0.15, 0.2) is 0 Å². The fourth-order valence-corrected chi connectivity index (χ4v) is 3.37. The highest BCUT2D eigenvalue weighted by molar-refractivity contribution is 7.89. The smallest absolute Gasteiger partial charge is 0.244 e. The number of rotatable bonds is 5. The first-order valence-corrected chi connectivity index (χ1v) is 7.65. The molecule has 0 aliphatic heterocycles. The number of nitrogens with zero attached hydrogens (tertiary/aromatic N) is 1. The van der Waals surface area contributed by atoms with E-state index in [4.69, 9.17) is 23.8 Å². The predicted molar refractivity (Wildman–Crippen MR) is 78.5 cm³/mol. The number of hydrogen-bond acceptors (Lipinski definition) is 3. The Morgan fingerprint density at radius 3 is 2.58 bits per heavy atom. The average Bonchev–Trinajstić information content (AvgIpc) is 2.35. The van der Waals surface area contributed by atoms with Gasteiger partial charge < -0.3 is 5.73 Å². The highest BCUT2D eigenvalue weighted by Crippen LogP contribution is 2.28. The van der Waals surface area contributed by atoms with Crippen molar-refractivity contribution in [2.75, 3.05) is 18.8 Å². The van der Waals surface area contributed by atoms with Crippen molar-refractivity contribution < 1.29 is 8.42 Å². The first-order valence-electron chi connectivity index (χ1n) is 5.83. The van der Waals surface area contributed by atoms with Crippen molar-refractivity contribution in [2.45, 2.75) is 25.2 Å². The Morgan fingerprint density at radius 2 is 2.11 bits per heavy atom. The summed E-state index contributed by atoms with van der Waals surface area (Å²) in [6, 6.07) is 2.87. The van der Waals surface area contributed by atoms with Gasteiger partial charge in [0, 0.05) is 6.54 Å². The van der Waals surface area contributed by atoms with Crippen LogP contribution in [-0.2, 0) is 10.0 Å². The minimum atomic E-state index is -3.63. The molecule has 0 spiro atoms. The summed E-state index contributed by atoms with van der Waals surface area (Å²) >= 11 is 5.94. The number of sulfonamides is 1. The Balaban J connectivity index is 3.30. The second-order valence-corrected chi connectivity index (χ2v) is 6.50. The van der Waals surface area contributed by atoms with Crippen molar-refractivity contribution in [2.24, 2.45) is 0 Å². The molecule has 2 N–H and O–H groups in total. The van der Waals surface area contributed by atoms with Crippen molar-refractivity contribution in [3.63, 3.8) is 0 Å². The molecule has 104 valence electrons. The van der Waals surface area contributed by atoms with E-state index in [0.29, 0.717) is 23.6 Å². The van der Waals surface area contributed by atoms with Gasteiger partial charge in [0.1, 0.15) is 0 Å². The topological polar surface area (TPSA) is 63.4 Å². The second-order valence-electron chi connectivity index (χ2n) is 4.19. The van der Waals surface area contributed by atoms with Gasteiger partial charge in [-0.05, 0) is 31.0 Å². The maximum absolute atomic E-state index is 12.5. The summed E-state index contributed by atoms with van der Waals surface area (Å²) in [5, 5.41) is 0.373. The Morgan fingerprint density at radius 1 is 1.47 bits per heavy atom. The Bertz CT molecular complexity index is 583. The number of halogens is 1. The van der Waals surface area contributed by atoms with Gasteiger partial charge in [-0.25, -0.2) is 8.42 Å². The second kappa shape index (κ2) is 6.29. The van der Waals surface area contributed by atoms with E-state index >= 15 is 0 Å². The zero-order chi connectivity index (χ0) is 14.6. The summed E-state index contributed by atoms with van der Waals surface area (Å²) in [5.41, 5.74) is 6.58. The molecule has 0 fully saturated rings. The van der Waals surface area contributed by atoms with Crippen LogP contribution in [-0.4, -0.2) is 25.8 Å². The molecule has 4 nitrogen and oxygen atoms in total. The minimum absolute atomic E-state index is 0.0394. The molecule has 0 heterocycles. The number of nitrogen functional groups attached to an aromatic ring is 1. The molecule has 6 heteroatoms. The third-order valence-corrected chi connectivity index (χ3v) is 4.97. The van der Waals surface area contributed by atoms with Gasteiger partial charge in [0.2, 0.25) is 10.0 Å². The van der Waals surface area contributed by atoms with Gasteiger partial charge in [-0.15, -0.1) is 6.42 Å². The van der Waals surface area contributed by atoms with Crippen LogP contribution in [0.15, 0.2) is 17.0 Å². The van der Waals surface area contributed by atoms with E-state index in [1.807, 2.05) is 6.92 Å². The number of nitrogens with two attached hydrogens (primary N) is 1. The molecule has 0 aromatic heterocycles. The fraction of sp³-hybridized carbons (Fsp3) is 0.385. The molecule has 0 atom stereocenters. The Kier molecular flexibility index (Phi) is 5.24. The summed E-state index contributed by atoms with van der Waals surface area (Å²) in [6.07, 6.45) is 5.90. The third-order valence-electron chi connectivity index (χ3n) is 2.63. The van der Waals surface area contributed by atoms with E-state index < -0.39 is 10.0 Å². The summed E-state index contributed by atoms with van der Waals surface area (Å²) in [4.78, 5) is 0.121. The molecule has 0 aliphatic carbocycles. The standard InChI is InChI=1S/C13H17ClN2O2S/c1-4-6-16(7-5-2)19(17,18)11-8-10(3)13(14)12(15)9-11/h1,8-9H,5-7,15H2,2-3H3. The molecule has 1 aromatic rings. The highest BCUT2D eigenvalue weighted by Gasteiger charge is 2.24.